The van der Waals surface area contributed by atoms with Crippen LogP contribution in [0.25, 0.3) is 11.4 Å². The van der Waals surface area contributed by atoms with Crippen LogP contribution in [0.5, 0.6) is 0 Å². The largest absolute Gasteiger partial charge is 0.392 e. The van der Waals surface area contributed by atoms with E-state index in [4.69, 9.17) is 0 Å². The minimum absolute atomic E-state index is 0.0155. The van der Waals surface area contributed by atoms with Crippen LogP contribution in [0.1, 0.15) is 24.0 Å². The number of hydrogen-bond acceptors (Lipinski definition) is 7. The van der Waals surface area contributed by atoms with E-state index < -0.39 is 6.10 Å². The first-order valence-electron chi connectivity index (χ1n) is 11.0. The van der Waals surface area contributed by atoms with Crippen LogP contribution in [0.2, 0.25) is 0 Å². The van der Waals surface area contributed by atoms with E-state index in [0.29, 0.717) is 37.8 Å². The van der Waals surface area contributed by atoms with Gasteiger partial charge in [0.25, 0.3) is 0 Å². The summed E-state index contributed by atoms with van der Waals surface area (Å²) in [7, 11) is 0. The summed E-state index contributed by atoms with van der Waals surface area (Å²) in [6, 6.07) is 15.8. The Bertz CT molecular complexity index is 1120. The Morgan fingerprint density at radius 3 is 2.88 bits per heavy atom. The molecule has 3 aromatic rings. The van der Waals surface area contributed by atoms with Gasteiger partial charge in [-0.1, -0.05) is 30.3 Å². The van der Waals surface area contributed by atoms with Crippen molar-refractivity contribution in [2.24, 2.45) is 0 Å². The average Bonchev–Trinajstić information content (AvgIpc) is 3.17. The van der Waals surface area contributed by atoms with Gasteiger partial charge in [0.1, 0.15) is 6.33 Å². The molecule has 2 aliphatic rings. The summed E-state index contributed by atoms with van der Waals surface area (Å²) in [6.45, 7) is 1.66. The van der Waals surface area contributed by atoms with Gasteiger partial charge in [0.2, 0.25) is 11.9 Å². The second kappa shape index (κ2) is 9.02. The maximum absolute atomic E-state index is 12.8. The number of aryl methyl sites for hydroxylation is 1. The van der Waals surface area contributed by atoms with E-state index in [9.17, 15) is 9.90 Å². The Balaban J connectivity index is 1.48. The van der Waals surface area contributed by atoms with Crippen molar-refractivity contribution in [1.82, 2.24) is 25.2 Å². The van der Waals surface area contributed by atoms with Gasteiger partial charge in [-0.05, 0) is 48.6 Å². The maximum Gasteiger partial charge on any atom is 0.237 e. The molecule has 0 saturated carbocycles. The minimum Gasteiger partial charge on any atom is -0.392 e. The molecule has 0 radical (unpaired) electrons. The molecule has 164 valence electrons. The molecule has 8 nitrogen and oxygen atoms in total. The zero-order chi connectivity index (χ0) is 21.9. The smallest absolute Gasteiger partial charge is 0.237 e. The van der Waals surface area contributed by atoms with Crippen LogP contribution in [0.15, 0.2) is 54.9 Å². The molecular weight excluding hydrogens is 404 g/mol. The van der Waals surface area contributed by atoms with Crippen molar-refractivity contribution in [2.75, 3.05) is 18.4 Å². The highest BCUT2D eigenvalue weighted by Crippen LogP contribution is 2.24. The number of anilines is 2. The van der Waals surface area contributed by atoms with Crippen molar-refractivity contribution in [3.8, 4) is 11.4 Å². The number of benzene rings is 2. The molecule has 1 saturated heterocycles. The highest BCUT2D eigenvalue weighted by molar-refractivity contribution is 5.82. The Kier molecular flexibility index (Phi) is 5.79. The predicted octanol–water partition coefficient (Wildman–Crippen LogP) is 2.28. The number of rotatable bonds is 0. The average molecular weight is 431 g/mol. The van der Waals surface area contributed by atoms with Crippen LogP contribution >= 0.6 is 0 Å². The highest BCUT2D eigenvalue weighted by Gasteiger charge is 2.35. The second-order valence-electron chi connectivity index (χ2n) is 8.39. The van der Waals surface area contributed by atoms with E-state index in [1.165, 1.54) is 11.9 Å². The molecule has 0 unspecified atom stereocenters. The van der Waals surface area contributed by atoms with Crippen molar-refractivity contribution in [2.45, 2.75) is 38.0 Å². The molecule has 2 aliphatic heterocycles. The molecule has 6 bridgehead atoms. The Morgan fingerprint density at radius 1 is 1.06 bits per heavy atom. The molecule has 2 aromatic carbocycles. The topological polar surface area (TPSA) is 103 Å². The van der Waals surface area contributed by atoms with Gasteiger partial charge in [-0.2, -0.15) is 4.98 Å². The summed E-state index contributed by atoms with van der Waals surface area (Å²) in [5.41, 5.74) is 4.00. The molecule has 1 fully saturated rings. The van der Waals surface area contributed by atoms with Crippen LogP contribution < -0.4 is 10.6 Å². The standard InChI is InChI=1S/C24H26N6O2/c31-20-12-21-23(32)25-9-3-6-16-4-1-7-18(10-16)22-26-15-27-24(29-22)28-19-8-2-5-17(11-19)13-30(21)14-20/h1-2,4-5,7-8,10-11,15,20-21,31H,3,6,9,12-14H2,(H,25,32)(H,26,27,28,29)/t20-,21+/m0/s1. The maximum atomic E-state index is 12.8. The van der Waals surface area contributed by atoms with Gasteiger partial charge in [-0.3, -0.25) is 9.69 Å². The molecule has 0 aliphatic carbocycles. The number of aliphatic hydroxyl groups excluding tert-OH is 1. The first-order valence-corrected chi connectivity index (χ1v) is 11.0. The summed E-state index contributed by atoms with van der Waals surface area (Å²) >= 11 is 0. The van der Waals surface area contributed by atoms with Crippen LogP contribution in [0.4, 0.5) is 11.6 Å². The van der Waals surface area contributed by atoms with Crippen LogP contribution in [0.3, 0.4) is 0 Å². The number of amides is 1. The van der Waals surface area contributed by atoms with Crippen LogP contribution in [-0.4, -0.2) is 56.1 Å². The molecule has 3 N–H and O–H groups in total. The fourth-order valence-corrected chi connectivity index (χ4v) is 4.42. The predicted molar refractivity (Wildman–Crippen MR) is 121 cm³/mol. The number of aromatic nitrogens is 3. The lowest BCUT2D eigenvalue weighted by Gasteiger charge is -2.23. The van der Waals surface area contributed by atoms with Crippen molar-refractivity contribution < 1.29 is 9.90 Å². The summed E-state index contributed by atoms with van der Waals surface area (Å²) in [4.78, 5) is 28.1. The highest BCUT2D eigenvalue weighted by atomic mass is 16.3. The van der Waals surface area contributed by atoms with E-state index in [1.807, 2.05) is 41.3 Å². The van der Waals surface area contributed by atoms with Gasteiger partial charge in [-0.15, -0.1) is 0 Å². The Morgan fingerprint density at radius 2 is 1.94 bits per heavy atom. The van der Waals surface area contributed by atoms with E-state index >= 15 is 0 Å². The van der Waals surface area contributed by atoms with Gasteiger partial charge in [0.05, 0.1) is 12.1 Å². The van der Waals surface area contributed by atoms with Gasteiger partial charge in [0, 0.05) is 30.9 Å². The third-order valence-corrected chi connectivity index (χ3v) is 5.95. The van der Waals surface area contributed by atoms with Gasteiger partial charge >= 0.3 is 0 Å². The molecule has 5 rings (SSSR count). The normalized spacial score (nSPS) is 21.6. The SMILES string of the molecule is O=C1NCCCc2cccc(c2)-c2ncnc(n2)Nc2cccc(c2)CN2C[C@@H](O)C[C@H]12. The first-order chi connectivity index (χ1) is 15.6. The lowest BCUT2D eigenvalue weighted by atomic mass is 10.1. The number of carbonyl (C=O) groups excluding carboxylic acids is 1. The monoisotopic (exact) mass is 430 g/mol. The van der Waals surface area contributed by atoms with E-state index in [-0.39, 0.29) is 11.9 Å². The summed E-state index contributed by atoms with van der Waals surface area (Å²) in [5, 5.41) is 16.5. The molecule has 3 heterocycles. The Hall–Kier alpha value is -3.36. The van der Waals surface area contributed by atoms with E-state index in [2.05, 4.69) is 37.7 Å². The summed E-state index contributed by atoms with van der Waals surface area (Å²) in [6.07, 6.45) is 3.15. The van der Waals surface area contributed by atoms with E-state index in [0.717, 1.165) is 29.7 Å². The number of hydrogen-bond donors (Lipinski definition) is 3. The molecular formula is C24H26N6O2. The molecule has 2 atom stereocenters. The fraction of sp³-hybridized carbons (Fsp3) is 0.333. The van der Waals surface area contributed by atoms with Crippen molar-refractivity contribution >= 4 is 17.5 Å². The van der Waals surface area contributed by atoms with Crippen LogP contribution in [-0.2, 0) is 17.8 Å². The number of aliphatic hydroxyl groups is 1. The number of nitrogens with one attached hydrogen (secondary N) is 2. The number of fused-ring (bicyclic) bond motifs is 8. The van der Waals surface area contributed by atoms with E-state index in [1.54, 1.807) is 0 Å². The lowest BCUT2D eigenvalue weighted by molar-refractivity contribution is -0.125. The second-order valence-corrected chi connectivity index (χ2v) is 8.39. The van der Waals surface area contributed by atoms with Crippen molar-refractivity contribution in [3.05, 3.63) is 66.0 Å². The first kappa shape index (κ1) is 20.5. The minimum atomic E-state index is -0.493. The molecule has 1 amide bonds. The quantitative estimate of drug-likeness (QED) is 0.503. The van der Waals surface area contributed by atoms with Crippen LogP contribution in [0, 0.1) is 0 Å². The Labute approximate surface area is 186 Å². The molecule has 1 aromatic heterocycles. The van der Waals surface area contributed by atoms with Crippen molar-refractivity contribution in [3.63, 3.8) is 0 Å². The van der Waals surface area contributed by atoms with Crippen molar-refractivity contribution in [1.29, 1.82) is 0 Å². The summed E-state index contributed by atoms with van der Waals surface area (Å²) in [5.74, 6) is 1.08. The zero-order valence-corrected chi connectivity index (χ0v) is 17.7. The number of nitrogens with zero attached hydrogens (tertiary/aromatic N) is 4. The third kappa shape index (κ3) is 4.61. The van der Waals surface area contributed by atoms with Gasteiger partial charge in [0.15, 0.2) is 5.82 Å². The fourth-order valence-electron chi connectivity index (χ4n) is 4.42. The third-order valence-electron chi connectivity index (χ3n) is 5.95. The summed E-state index contributed by atoms with van der Waals surface area (Å²) < 4.78 is 0. The van der Waals surface area contributed by atoms with Gasteiger partial charge in [-0.25, -0.2) is 9.97 Å². The molecule has 0 spiro atoms. The molecule has 32 heavy (non-hydrogen) atoms. The lowest BCUT2D eigenvalue weighted by Crippen LogP contribution is -2.43. The van der Waals surface area contributed by atoms with Gasteiger partial charge < -0.3 is 15.7 Å². The number of carbonyl (C=O) groups is 1. The molecule has 8 heteroatoms. The zero-order valence-electron chi connectivity index (χ0n) is 17.7.